The molecule has 13 heteroatoms. The molecule has 0 aromatic carbocycles. The minimum absolute atomic E-state index is 0.0616. The van der Waals surface area contributed by atoms with Crippen molar-refractivity contribution in [2.45, 2.75) is 112 Å². The van der Waals surface area contributed by atoms with Crippen LogP contribution in [0.25, 0.3) is 0 Å². The molecule has 4 unspecified atom stereocenters. The number of hydrogen-bond donors (Lipinski definition) is 4. The molecule has 5 N–H and O–H groups in total. The van der Waals surface area contributed by atoms with Crippen molar-refractivity contribution in [3.63, 3.8) is 0 Å². The lowest BCUT2D eigenvalue weighted by molar-refractivity contribution is -0.145. The Hall–Kier alpha value is -3.74. The van der Waals surface area contributed by atoms with Gasteiger partial charge >= 0.3 is 12.0 Å². The first kappa shape index (κ1) is 42.3. The first-order chi connectivity index (χ1) is 21.4. The molecule has 0 spiro atoms. The van der Waals surface area contributed by atoms with Crippen molar-refractivity contribution in [1.82, 2.24) is 20.9 Å². The van der Waals surface area contributed by atoms with E-state index >= 15 is 0 Å². The summed E-state index contributed by atoms with van der Waals surface area (Å²) in [5, 5.41) is 7.65. The lowest BCUT2D eigenvalue weighted by Crippen LogP contribution is -2.52. The Bertz CT molecular complexity index is 1060. The van der Waals surface area contributed by atoms with Crippen LogP contribution in [0.4, 0.5) is 4.79 Å². The second-order valence-corrected chi connectivity index (χ2v) is 13.3. The zero-order chi connectivity index (χ0) is 35.6. The highest BCUT2D eigenvalue weighted by Crippen LogP contribution is 2.33. The molecule has 1 aliphatic heterocycles. The molecular formula is C33H57N5O8. The molecule has 2 rings (SSSR count). The minimum Gasteiger partial charge on any atom is -0.467 e. The molecule has 1 aliphatic carbocycles. The van der Waals surface area contributed by atoms with Crippen LogP contribution in [-0.2, 0) is 33.4 Å². The molecule has 4 atom stereocenters. The summed E-state index contributed by atoms with van der Waals surface area (Å²) in [6.45, 7) is 19.4. The first-order valence-electron chi connectivity index (χ1n) is 15.8. The van der Waals surface area contributed by atoms with Gasteiger partial charge in [-0.05, 0) is 70.0 Å². The number of esters is 1. The van der Waals surface area contributed by atoms with Crippen LogP contribution in [0.15, 0.2) is 24.7 Å². The van der Waals surface area contributed by atoms with E-state index in [9.17, 15) is 28.8 Å². The van der Waals surface area contributed by atoms with E-state index in [0.717, 1.165) is 38.1 Å². The fourth-order valence-corrected chi connectivity index (χ4v) is 4.05. The number of likely N-dealkylation sites (tertiary alicyclic amines) is 1. The number of carbonyl (C=O) groups excluding carboxylic acids is 6. The molecule has 1 saturated heterocycles. The van der Waals surface area contributed by atoms with Gasteiger partial charge in [0.25, 0.3) is 5.91 Å². The Kier molecular flexibility index (Phi) is 19.4. The summed E-state index contributed by atoms with van der Waals surface area (Å²) in [6.07, 6.45) is 7.94. The predicted octanol–water partition coefficient (Wildman–Crippen LogP) is 2.98. The van der Waals surface area contributed by atoms with Gasteiger partial charge in [0.2, 0.25) is 11.7 Å². The molecule has 0 aromatic heterocycles. The molecule has 262 valence electrons. The van der Waals surface area contributed by atoms with Crippen LogP contribution in [0.5, 0.6) is 0 Å². The molecule has 1 heterocycles. The Morgan fingerprint density at radius 3 is 2.02 bits per heavy atom. The standard InChI is InChI=1S/C16H26N2O5.C13H21N3O3.C4H10/c1-7-12(22-8-2)10-23-14(20)11(3)17-15(21)18-13(9-19)16(4,5)6;1-16-6-2-3-10(16)13(19)15-9(7-8-4-5-8)11(17)12(14)18;1-4(2)3/h7-9,11,13H,2,10H2,1,3-6H3,(H2,17,18,21);8-10H,2-7H2,1H3,(H2,14,18)(H,15,19);4H,1-3H3/b12-7-;;. The molecule has 0 radical (unpaired) electrons. The normalized spacial score (nSPS) is 18.2. The number of Topliss-reactive ketones (excluding diaryl/α,β-unsaturated/α-hetero) is 1. The van der Waals surface area contributed by atoms with E-state index in [2.05, 4.69) is 43.3 Å². The highest BCUT2D eigenvalue weighted by Gasteiger charge is 2.35. The average molecular weight is 652 g/mol. The van der Waals surface area contributed by atoms with Crippen LogP contribution >= 0.6 is 0 Å². The van der Waals surface area contributed by atoms with Crippen LogP contribution < -0.4 is 21.7 Å². The van der Waals surface area contributed by atoms with Crippen molar-refractivity contribution >= 4 is 35.9 Å². The smallest absolute Gasteiger partial charge is 0.328 e. The van der Waals surface area contributed by atoms with Gasteiger partial charge < -0.3 is 36.0 Å². The van der Waals surface area contributed by atoms with Crippen LogP contribution in [0.2, 0.25) is 0 Å². The van der Waals surface area contributed by atoms with Crippen LogP contribution in [0, 0.1) is 17.3 Å². The molecule has 1 saturated carbocycles. The minimum atomic E-state index is -0.967. The maximum absolute atomic E-state index is 12.1. The summed E-state index contributed by atoms with van der Waals surface area (Å²) in [6, 6.07) is -3.09. The number of rotatable bonds is 14. The number of ether oxygens (including phenoxy) is 2. The number of nitrogens with one attached hydrogen (secondary N) is 3. The van der Waals surface area contributed by atoms with Gasteiger partial charge in [-0.1, -0.05) is 61.0 Å². The summed E-state index contributed by atoms with van der Waals surface area (Å²) in [7, 11) is 1.89. The van der Waals surface area contributed by atoms with Gasteiger partial charge in [0.05, 0.1) is 24.4 Å². The molecule has 46 heavy (non-hydrogen) atoms. The molecule has 0 aromatic rings. The highest BCUT2D eigenvalue weighted by molar-refractivity contribution is 6.37. The van der Waals surface area contributed by atoms with Gasteiger partial charge in [0.15, 0.2) is 0 Å². The summed E-state index contributed by atoms with van der Waals surface area (Å²) in [5.74, 6) is -0.730. The third-order valence-electron chi connectivity index (χ3n) is 6.94. The van der Waals surface area contributed by atoms with Gasteiger partial charge in [-0.2, -0.15) is 0 Å². The van der Waals surface area contributed by atoms with Crippen molar-refractivity contribution in [1.29, 1.82) is 0 Å². The number of urea groups is 1. The maximum Gasteiger partial charge on any atom is 0.328 e. The van der Waals surface area contributed by atoms with Crippen molar-refractivity contribution < 1.29 is 38.2 Å². The Labute approximate surface area is 274 Å². The number of primary amides is 1. The van der Waals surface area contributed by atoms with Gasteiger partial charge in [-0.15, -0.1) is 0 Å². The number of aldehydes is 1. The van der Waals surface area contributed by atoms with Crippen molar-refractivity contribution in [2.24, 2.45) is 23.0 Å². The number of allylic oxidation sites excluding steroid dienone is 1. The molecule has 0 bridgehead atoms. The monoisotopic (exact) mass is 651 g/mol. The number of likely N-dealkylation sites (N-methyl/N-ethyl adjacent to an activating group) is 1. The third kappa shape index (κ3) is 17.7. The fourth-order valence-electron chi connectivity index (χ4n) is 4.05. The van der Waals surface area contributed by atoms with Crippen molar-refractivity contribution in [2.75, 3.05) is 20.2 Å². The molecular weight excluding hydrogens is 594 g/mol. The number of carbonyl (C=O) groups is 6. The van der Waals surface area contributed by atoms with Crippen molar-refractivity contribution in [3.8, 4) is 0 Å². The van der Waals surface area contributed by atoms with Crippen LogP contribution in [0.3, 0.4) is 0 Å². The highest BCUT2D eigenvalue weighted by atomic mass is 16.6. The topological polar surface area (TPSA) is 186 Å². The van der Waals surface area contributed by atoms with E-state index in [1.807, 2.05) is 32.7 Å². The second-order valence-electron chi connectivity index (χ2n) is 13.3. The van der Waals surface area contributed by atoms with Crippen LogP contribution in [0.1, 0.15) is 87.5 Å². The quantitative estimate of drug-likeness (QED) is 0.0948. The molecule has 13 nitrogen and oxygen atoms in total. The Balaban J connectivity index is 0.000000796. The Morgan fingerprint density at radius 2 is 1.61 bits per heavy atom. The van der Waals surface area contributed by atoms with E-state index < -0.39 is 47.2 Å². The Morgan fingerprint density at radius 1 is 1.02 bits per heavy atom. The van der Waals surface area contributed by atoms with E-state index in [0.29, 0.717) is 24.4 Å². The van der Waals surface area contributed by atoms with E-state index in [-0.39, 0.29) is 18.6 Å². The van der Waals surface area contributed by atoms with Gasteiger partial charge in [0, 0.05) is 0 Å². The summed E-state index contributed by atoms with van der Waals surface area (Å²) < 4.78 is 10.0. The van der Waals surface area contributed by atoms with Crippen LogP contribution in [-0.4, -0.2) is 85.2 Å². The predicted molar refractivity (Wildman–Crippen MR) is 176 cm³/mol. The number of nitrogens with two attached hydrogens (primary N) is 1. The van der Waals surface area contributed by atoms with E-state index in [1.165, 1.54) is 13.2 Å². The SMILES string of the molecule is C=CO/C(=C\C)COC(=O)C(C)NC(=O)NC(C=O)C(C)(C)C.CC(C)C.CN1CCCC1C(=O)NC(CC1CC1)C(=O)C(N)=O. The van der Waals surface area contributed by atoms with E-state index in [4.69, 9.17) is 15.2 Å². The van der Waals surface area contributed by atoms with Gasteiger partial charge in [0.1, 0.15) is 24.7 Å². The van der Waals surface area contributed by atoms with Gasteiger partial charge in [-0.3, -0.25) is 19.3 Å². The summed E-state index contributed by atoms with van der Waals surface area (Å²) in [5.41, 5.74) is 4.61. The number of hydrogen-bond acceptors (Lipinski definition) is 9. The zero-order valence-corrected chi connectivity index (χ0v) is 29.1. The van der Waals surface area contributed by atoms with E-state index in [1.54, 1.807) is 13.0 Å². The fraction of sp³-hybridized carbons (Fsp3) is 0.697. The number of amides is 4. The maximum atomic E-state index is 12.1. The summed E-state index contributed by atoms with van der Waals surface area (Å²) in [4.78, 5) is 71.5. The summed E-state index contributed by atoms with van der Waals surface area (Å²) >= 11 is 0. The largest absolute Gasteiger partial charge is 0.467 e. The second kappa shape index (κ2) is 21.1. The molecule has 2 aliphatic rings. The van der Waals surface area contributed by atoms with Gasteiger partial charge in [-0.25, -0.2) is 9.59 Å². The average Bonchev–Trinajstić information content (AvgIpc) is 3.68. The third-order valence-corrected chi connectivity index (χ3v) is 6.94. The zero-order valence-electron chi connectivity index (χ0n) is 29.1. The molecule has 2 fully saturated rings. The molecule has 4 amide bonds. The number of ketones is 1. The first-order valence-corrected chi connectivity index (χ1v) is 15.8. The lowest BCUT2D eigenvalue weighted by atomic mass is 9.88. The lowest BCUT2D eigenvalue weighted by Gasteiger charge is -2.27. The number of nitrogens with zero attached hydrogens (tertiary/aromatic N) is 1. The van der Waals surface area contributed by atoms with Crippen molar-refractivity contribution in [3.05, 3.63) is 24.7 Å².